The van der Waals surface area contributed by atoms with Gasteiger partial charge in [0.25, 0.3) is 0 Å². The molecule has 1 saturated heterocycles. The van der Waals surface area contributed by atoms with Gasteiger partial charge < -0.3 is 25.4 Å². The zero-order chi connectivity index (χ0) is 25.2. The summed E-state index contributed by atoms with van der Waals surface area (Å²) >= 11 is 0. The Hall–Kier alpha value is -2.89. The Balaban J connectivity index is 1.11. The third kappa shape index (κ3) is 5.12. The van der Waals surface area contributed by atoms with E-state index in [1.54, 1.807) is 13.3 Å². The number of hydrogen-bond donors (Lipinski definition) is 3. The van der Waals surface area contributed by atoms with Gasteiger partial charge in [-0.25, -0.2) is 4.98 Å². The number of hydrogen-bond acceptors (Lipinski definition) is 8. The van der Waals surface area contributed by atoms with Crippen LogP contribution in [0.25, 0.3) is 0 Å². The summed E-state index contributed by atoms with van der Waals surface area (Å²) in [5.41, 5.74) is 1.82. The zero-order valence-electron chi connectivity index (χ0n) is 21.7. The second kappa shape index (κ2) is 10.5. The molecule has 3 N–H and O–H groups in total. The molecular formula is C29H38N6O2. The summed E-state index contributed by atoms with van der Waals surface area (Å²) in [6, 6.07) is 11.5. The normalized spacial score (nSPS) is 30.6. The van der Waals surface area contributed by atoms with Gasteiger partial charge in [0.2, 0.25) is 5.95 Å². The molecule has 5 aliphatic rings. The van der Waals surface area contributed by atoms with E-state index in [2.05, 4.69) is 27.0 Å². The monoisotopic (exact) mass is 502 g/mol. The lowest BCUT2D eigenvalue weighted by molar-refractivity contribution is -0.0751. The van der Waals surface area contributed by atoms with Crippen molar-refractivity contribution < 1.29 is 9.47 Å². The van der Waals surface area contributed by atoms with E-state index in [0.717, 1.165) is 61.7 Å². The van der Waals surface area contributed by atoms with Crippen LogP contribution < -0.4 is 20.7 Å². The Bertz CT molecular complexity index is 1130. The van der Waals surface area contributed by atoms with Crippen molar-refractivity contribution in [3.8, 4) is 11.8 Å². The highest BCUT2D eigenvalue weighted by Crippen LogP contribution is 2.60. The van der Waals surface area contributed by atoms with Crippen LogP contribution in [0.15, 0.2) is 30.5 Å². The SMILES string of the molecule is COc1ccccc1CNc1ncc(C#N)c(NCC23CC4CC(C2)C(NC2CCOCC2)[C@@H](C4)C3)n1. The summed E-state index contributed by atoms with van der Waals surface area (Å²) in [4.78, 5) is 9.08. The number of benzene rings is 1. The van der Waals surface area contributed by atoms with Crippen molar-refractivity contribution in [2.24, 2.45) is 23.2 Å². The Morgan fingerprint density at radius 1 is 1.11 bits per heavy atom. The molecule has 2 heterocycles. The second-order valence-corrected chi connectivity index (χ2v) is 11.6. The van der Waals surface area contributed by atoms with Crippen LogP contribution in [-0.2, 0) is 11.3 Å². The number of rotatable bonds is 9. The maximum atomic E-state index is 9.71. The average molecular weight is 503 g/mol. The highest BCUT2D eigenvalue weighted by atomic mass is 16.5. The van der Waals surface area contributed by atoms with Crippen molar-refractivity contribution in [2.75, 3.05) is 37.5 Å². The van der Waals surface area contributed by atoms with Crippen molar-refractivity contribution in [1.29, 1.82) is 5.26 Å². The van der Waals surface area contributed by atoms with Gasteiger partial charge in [0.15, 0.2) is 0 Å². The molecule has 8 heteroatoms. The van der Waals surface area contributed by atoms with E-state index in [9.17, 15) is 5.26 Å². The molecule has 7 rings (SSSR count). The van der Waals surface area contributed by atoms with Crippen molar-refractivity contribution in [3.05, 3.63) is 41.6 Å². The van der Waals surface area contributed by atoms with Crippen molar-refractivity contribution >= 4 is 11.8 Å². The number of nitriles is 1. The number of para-hydroxylation sites is 1. The number of anilines is 2. The molecule has 8 nitrogen and oxygen atoms in total. The third-order valence-corrected chi connectivity index (χ3v) is 9.22. The summed E-state index contributed by atoms with van der Waals surface area (Å²) < 4.78 is 11.0. The van der Waals surface area contributed by atoms with Crippen LogP contribution in [0.4, 0.5) is 11.8 Å². The molecule has 5 fully saturated rings. The Morgan fingerprint density at radius 3 is 2.65 bits per heavy atom. The van der Waals surface area contributed by atoms with Crippen LogP contribution in [0.2, 0.25) is 0 Å². The minimum absolute atomic E-state index is 0.299. The summed E-state index contributed by atoms with van der Waals surface area (Å²) in [5.74, 6) is 4.33. The molecule has 1 aliphatic heterocycles. The van der Waals surface area contributed by atoms with Gasteiger partial charge >= 0.3 is 0 Å². The van der Waals surface area contributed by atoms with Crippen LogP contribution >= 0.6 is 0 Å². The minimum Gasteiger partial charge on any atom is -0.496 e. The van der Waals surface area contributed by atoms with Crippen molar-refractivity contribution in [2.45, 2.75) is 63.6 Å². The molecular weight excluding hydrogens is 464 g/mol. The smallest absolute Gasteiger partial charge is 0.224 e. The Labute approximate surface area is 219 Å². The van der Waals surface area contributed by atoms with Gasteiger partial charge in [0, 0.05) is 44.0 Å². The van der Waals surface area contributed by atoms with Gasteiger partial charge in [-0.3, -0.25) is 0 Å². The fourth-order valence-corrected chi connectivity index (χ4v) is 7.80. The standard InChI is InChI=1S/C29H38N6O2/c1-36-25-5-3-2-4-20(25)16-31-28-32-17-23(15-30)27(35-28)33-18-29-12-19-10-21(13-29)26(22(11-19)14-29)34-24-6-8-37-9-7-24/h2-5,17,19,21-22,24,26,34H,6-14,16,18H2,1H3,(H2,31,32,33,35)/t19?,21-,22?,26?,29?/m0/s1. The quantitative estimate of drug-likeness (QED) is 0.465. The lowest BCUT2D eigenvalue weighted by Gasteiger charge is -2.61. The topological polar surface area (TPSA) is 104 Å². The molecule has 0 spiro atoms. The molecule has 196 valence electrons. The van der Waals surface area contributed by atoms with Crippen LogP contribution in [0.1, 0.15) is 56.1 Å². The van der Waals surface area contributed by atoms with E-state index < -0.39 is 0 Å². The van der Waals surface area contributed by atoms with Crippen LogP contribution in [-0.4, -0.2) is 48.9 Å². The first kappa shape index (κ1) is 24.4. The van der Waals surface area contributed by atoms with Crippen LogP contribution in [0, 0.1) is 34.5 Å². The Kier molecular flexibility index (Phi) is 6.92. The molecule has 1 aromatic heterocycles. The van der Waals surface area contributed by atoms with Gasteiger partial charge in [-0.05, 0) is 74.2 Å². The van der Waals surface area contributed by atoms with E-state index in [-0.39, 0.29) is 0 Å². The van der Waals surface area contributed by atoms with E-state index >= 15 is 0 Å². The maximum absolute atomic E-state index is 9.71. The number of methoxy groups -OCH3 is 1. The third-order valence-electron chi connectivity index (χ3n) is 9.22. The molecule has 4 unspecified atom stereocenters. The molecule has 4 saturated carbocycles. The first-order chi connectivity index (χ1) is 18.1. The molecule has 5 atom stereocenters. The lowest BCUT2D eigenvalue weighted by atomic mass is 9.48. The van der Waals surface area contributed by atoms with Crippen molar-refractivity contribution in [3.63, 3.8) is 0 Å². The number of aromatic nitrogens is 2. The van der Waals surface area contributed by atoms with Gasteiger partial charge in [0.05, 0.1) is 13.3 Å². The first-order valence-corrected chi connectivity index (χ1v) is 13.9. The van der Waals surface area contributed by atoms with E-state index in [0.29, 0.717) is 41.4 Å². The number of ether oxygens (including phenoxy) is 2. The second-order valence-electron chi connectivity index (χ2n) is 11.6. The van der Waals surface area contributed by atoms with Gasteiger partial charge in [-0.1, -0.05) is 18.2 Å². The summed E-state index contributed by atoms with van der Waals surface area (Å²) in [5, 5.41) is 20.7. The van der Waals surface area contributed by atoms with Gasteiger partial charge in [0.1, 0.15) is 23.2 Å². The fourth-order valence-electron chi connectivity index (χ4n) is 7.80. The minimum atomic E-state index is 0.299. The maximum Gasteiger partial charge on any atom is 0.224 e. The van der Waals surface area contributed by atoms with Gasteiger partial charge in [-0.15, -0.1) is 0 Å². The lowest BCUT2D eigenvalue weighted by Crippen LogP contribution is -2.61. The largest absolute Gasteiger partial charge is 0.496 e. The van der Waals surface area contributed by atoms with Crippen LogP contribution in [0.3, 0.4) is 0 Å². The number of nitrogens with zero attached hydrogens (tertiary/aromatic N) is 3. The molecule has 0 radical (unpaired) electrons. The molecule has 0 amide bonds. The van der Waals surface area contributed by atoms with E-state index in [1.807, 2.05) is 24.3 Å². The highest BCUT2D eigenvalue weighted by molar-refractivity contribution is 5.53. The molecule has 4 bridgehead atoms. The summed E-state index contributed by atoms with van der Waals surface area (Å²) in [7, 11) is 1.67. The molecule has 37 heavy (non-hydrogen) atoms. The fraction of sp³-hybridized carbons (Fsp3) is 0.621. The van der Waals surface area contributed by atoms with Gasteiger partial charge in [-0.2, -0.15) is 10.2 Å². The zero-order valence-corrected chi connectivity index (χ0v) is 21.7. The first-order valence-electron chi connectivity index (χ1n) is 13.9. The summed E-state index contributed by atoms with van der Waals surface area (Å²) in [6.45, 7) is 3.21. The van der Waals surface area contributed by atoms with E-state index in [4.69, 9.17) is 14.5 Å². The summed E-state index contributed by atoms with van der Waals surface area (Å²) in [6.07, 6.45) is 10.5. The molecule has 2 aromatic rings. The average Bonchev–Trinajstić information content (AvgIpc) is 2.93. The number of nitrogens with one attached hydrogen (secondary N) is 3. The highest BCUT2D eigenvalue weighted by Gasteiger charge is 2.55. The predicted molar refractivity (Wildman–Crippen MR) is 142 cm³/mol. The predicted octanol–water partition coefficient (Wildman–Crippen LogP) is 4.34. The van der Waals surface area contributed by atoms with Crippen LogP contribution in [0.5, 0.6) is 5.75 Å². The van der Waals surface area contributed by atoms with Crippen molar-refractivity contribution in [1.82, 2.24) is 15.3 Å². The Morgan fingerprint density at radius 2 is 1.89 bits per heavy atom. The van der Waals surface area contributed by atoms with E-state index in [1.165, 1.54) is 32.1 Å². The molecule has 1 aromatic carbocycles. The molecule has 4 aliphatic carbocycles.